The first-order valence-corrected chi connectivity index (χ1v) is 14.8. The lowest BCUT2D eigenvalue weighted by Gasteiger charge is -2.22. The second-order valence-electron chi connectivity index (χ2n) is 11.8. The fraction of sp³-hybridized carbons (Fsp3) is 0.0769. The number of hydrogen-bond acceptors (Lipinski definition) is 0. The lowest BCUT2D eigenvalue weighted by atomic mass is 9.98. The van der Waals surface area contributed by atoms with Gasteiger partial charge in [-0.3, -0.25) is 0 Å². The zero-order valence-electron chi connectivity index (χ0n) is 24.8. The highest BCUT2D eigenvalue weighted by molar-refractivity contribution is 6.11. The van der Waals surface area contributed by atoms with Crippen molar-refractivity contribution in [2.75, 3.05) is 0 Å². The molecule has 0 amide bonds. The van der Waals surface area contributed by atoms with Gasteiger partial charge in [-0.1, -0.05) is 59.7 Å². The number of para-hydroxylation sites is 2. The van der Waals surface area contributed by atoms with Crippen molar-refractivity contribution in [3.05, 3.63) is 144 Å². The molecule has 0 saturated carbocycles. The number of aryl methyl sites for hydroxylation is 2. The Morgan fingerprint density at radius 2 is 0.957 bits per heavy atom. The summed E-state index contributed by atoms with van der Waals surface area (Å²) < 4.78 is 78.9. The zero-order valence-corrected chi connectivity index (χ0v) is 24.8. The number of nitrogens with zero attached hydrogens (tertiary/aromatic N) is 2. The molecule has 7 heteroatoms. The summed E-state index contributed by atoms with van der Waals surface area (Å²) in [6.45, 7) is 3.89. The minimum absolute atomic E-state index is 0.122. The van der Waals surface area contributed by atoms with Crippen molar-refractivity contribution in [3.63, 3.8) is 0 Å². The molecule has 2 nitrogen and oxygen atoms in total. The first kappa shape index (κ1) is 28.1. The van der Waals surface area contributed by atoms with E-state index in [9.17, 15) is 8.78 Å². The van der Waals surface area contributed by atoms with E-state index in [4.69, 9.17) is 0 Å². The van der Waals surface area contributed by atoms with Gasteiger partial charge in [0.1, 0.15) is 11.6 Å². The summed E-state index contributed by atoms with van der Waals surface area (Å²) in [4.78, 5) is 0. The van der Waals surface area contributed by atoms with Crippen molar-refractivity contribution in [1.29, 1.82) is 0 Å². The average Bonchev–Trinajstić information content (AvgIpc) is 3.51. The number of alkyl halides is 3. The van der Waals surface area contributed by atoms with E-state index >= 15 is 13.2 Å². The molecule has 0 fully saturated rings. The Morgan fingerprint density at radius 1 is 0.478 bits per heavy atom. The molecular weight excluding hydrogens is 591 g/mol. The topological polar surface area (TPSA) is 9.86 Å². The molecule has 46 heavy (non-hydrogen) atoms. The first-order valence-electron chi connectivity index (χ1n) is 14.8. The average molecular weight is 617 g/mol. The summed E-state index contributed by atoms with van der Waals surface area (Å²) in [6, 6.07) is 31.8. The van der Waals surface area contributed by atoms with E-state index in [1.807, 2.05) is 86.6 Å². The van der Waals surface area contributed by atoms with Crippen LogP contribution in [-0.2, 0) is 6.18 Å². The number of aromatic nitrogens is 2. The molecule has 0 radical (unpaired) electrons. The summed E-state index contributed by atoms with van der Waals surface area (Å²) in [6.07, 6.45) is -4.77. The van der Waals surface area contributed by atoms with Crippen LogP contribution in [0.15, 0.2) is 115 Å². The Kier molecular flexibility index (Phi) is 6.13. The Labute approximate surface area is 260 Å². The Morgan fingerprint density at radius 3 is 1.48 bits per heavy atom. The zero-order chi connectivity index (χ0) is 31.9. The van der Waals surface area contributed by atoms with Gasteiger partial charge in [-0.2, -0.15) is 13.2 Å². The molecule has 0 spiro atoms. The lowest BCUT2D eigenvalue weighted by Crippen LogP contribution is -2.13. The monoisotopic (exact) mass is 616 g/mol. The highest BCUT2D eigenvalue weighted by Gasteiger charge is 2.37. The summed E-state index contributed by atoms with van der Waals surface area (Å²) in [5.41, 5.74) is 4.03. The number of benzene rings is 6. The number of rotatable bonds is 3. The number of fused-ring (bicyclic) bond motifs is 6. The summed E-state index contributed by atoms with van der Waals surface area (Å²) in [7, 11) is 0. The van der Waals surface area contributed by atoms with E-state index in [1.165, 1.54) is 6.07 Å². The van der Waals surface area contributed by atoms with Crippen LogP contribution in [0.3, 0.4) is 0 Å². The van der Waals surface area contributed by atoms with Gasteiger partial charge in [-0.15, -0.1) is 0 Å². The number of halogens is 5. The smallest absolute Gasteiger partial charge is 0.309 e. The quantitative estimate of drug-likeness (QED) is 0.175. The first-order chi connectivity index (χ1) is 22.1. The van der Waals surface area contributed by atoms with Crippen LogP contribution in [0.4, 0.5) is 22.0 Å². The predicted octanol–water partition coefficient (Wildman–Crippen LogP) is 11.5. The molecule has 0 aliphatic carbocycles. The third-order valence-electron chi connectivity index (χ3n) is 8.73. The van der Waals surface area contributed by atoms with Gasteiger partial charge in [0.05, 0.1) is 39.0 Å². The van der Waals surface area contributed by atoms with E-state index in [-0.39, 0.29) is 22.5 Å². The van der Waals surface area contributed by atoms with Gasteiger partial charge < -0.3 is 9.13 Å². The molecule has 0 saturated heterocycles. The molecule has 0 aliphatic heterocycles. The van der Waals surface area contributed by atoms with Gasteiger partial charge in [-0.25, -0.2) is 8.78 Å². The summed E-state index contributed by atoms with van der Waals surface area (Å²) >= 11 is 0. The van der Waals surface area contributed by atoms with Gasteiger partial charge in [0.25, 0.3) is 0 Å². The van der Waals surface area contributed by atoms with E-state index in [0.717, 1.165) is 56.9 Å². The molecule has 0 unspecified atom stereocenters. The van der Waals surface area contributed by atoms with E-state index < -0.39 is 23.4 Å². The molecule has 8 rings (SSSR count). The van der Waals surface area contributed by atoms with Crippen LogP contribution in [0.5, 0.6) is 0 Å². The summed E-state index contributed by atoms with van der Waals surface area (Å²) in [5.74, 6) is -1.65. The molecule has 8 aromatic rings. The molecule has 2 heterocycles. The Balaban J connectivity index is 1.57. The second-order valence-corrected chi connectivity index (χ2v) is 11.8. The molecule has 0 aliphatic rings. The van der Waals surface area contributed by atoms with E-state index in [0.29, 0.717) is 22.1 Å². The van der Waals surface area contributed by atoms with Crippen molar-refractivity contribution in [3.8, 4) is 22.5 Å². The van der Waals surface area contributed by atoms with Crippen LogP contribution in [0.25, 0.3) is 66.1 Å². The Hall–Kier alpha value is -5.43. The largest absolute Gasteiger partial charge is 0.418 e. The van der Waals surface area contributed by atoms with Crippen LogP contribution in [-0.4, -0.2) is 9.13 Å². The van der Waals surface area contributed by atoms with Crippen LogP contribution in [0.1, 0.15) is 16.7 Å². The number of hydrogen-bond donors (Lipinski definition) is 0. The molecule has 226 valence electrons. The molecular formula is C39H25F5N2. The van der Waals surface area contributed by atoms with Crippen molar-refractivity contribution >= 4 is 43.6 Å². The third kappa shape index (κ3) is 4.30. The van der Waals surface area contributed by atoms with Crippen molar-refractivity contribution in [2.24, 2.45) is 0 Å². The van der Waals surface area contributed by atoms with Crippen LogP contribution in [0.2, 0.25) is 0 Å². The molecule has 0 bridgehead atoms. The summed E-state index contributed by atoms with van der Waals surface area (Å²) in [5, 5.41) is 3.33. The fourth-order valence-corrected chi connectivity index (χ4v) is 6.81. The minimum atomic E-state index is -4.77. The lowest BCUT2D eigenvalue weighted by molar-refractivity contribution is -0.137. The van der Waals surface area contributed by atoms with Crippen molar-refractivity contribution < 1.29 is 22.0 Å². The Bertz CT molecular complexity index is 2500. The van der Waals surface area contributed by atoms with Gasteiger partial charge in [-0.05, 0) is 80.1 Å². The van der Waals surface area contributed by atoms with Gasteiger partial charge in [0.15, 0.2) is 0 Å². The molecule has 0 atom stereocenters. The maximum absolute atomic E-state index is 15.3. The standard InChI is InChI=1S/C39H25F5N2/c1-22-11-13-35-30(15-22)27-7-3-5-9-33(27)45(35)37-21-32(39(42,43)44)38(20-29(37)24-17-25(40)19-26(41)18-24)46-34-10-6-4-8-28(34)31-16-23(2)12-14-36(31)46/h3-21H,1-2H3. The maximum Gasteiger partial charge on any atom is 0.418 e. The van der Waals surface area contributed by atoms with Crippen molar-refractivity contribution in [2.45, 2.75) is 20.0 Å². The predicted molar refractivity (Wildman–Crippen MR) is 175 cm³/mol. The minimum Gasteiger partial charge on any atom is -0.309 e. The maximum atomic E-state index is 15.3. The molecule has 2 aromatic heterocycles. The van der Waals surface area contributed by atoms with Crippen LogP contribution >= 0.6 is 0 Å². The van der Waals surface area contributed by atoms with Gasteiger partial charge >= 0.3 is 6.18 Å². The highest BCUT2D eigenvalue weighted by atomic mass is 19.4. The van der Waals surface area contributed by atoms with Gasteiger partial charge in [0.2, 0.25) is 0 Å². The van der Waals surface area contributed by atoms with Crippen molar-refractivity contribution in [1.82, 2.24) is 9.13 Å². The SMILES string of the molecule is Cc1ccc2c(c1)c1ccccc1n2-c1cc(C(F)(F)F)c(-n2c3ccccc3c3cc(C)ccc32)cc1-c1cc(F)cc(F)c1. The third-order valence-corrected chi connectivity index (χ3v) is 8.73. The normalized spacial score (nSPS) is 12.2. The van der Waals surface area contributed by atoms with Crippen LogP contribution < -0.4 is 0 Å². The van der Waals surface area contributed by atoms with Gasteiger partial charge in [0, 0.05) is 33.2 Å². The second kappa shape index (κ2) is 10.0. The van der Waals surface area contributed by atoms with Crippen LogP contribution in [0, 0.1) is 25.5 Å². The molecule has 6 aromatic carbocycles. The fourth-order valence-electron chi connectivity index (χ4n) is 6.81. The van der Waals surface area contributed by atoms with E-state index in [1.54, 1.807) is 21.3 Å². The molecule has 0 N–H and O–H groups in total. The van der Waals surface area contributed by atoms with E-state index in [2.05, 4.69) is 0 Å². The highest BCUT2D eigenvalue weighted by Crippen LogP contribution is 2.45.